The Bertz CT molecular complexity index is 1240. The van der Waals surface area contributed by atoms with Gasteiger partial charge in [-0.25, -0.2) is 4.98 Å². The third-order valence-corrected chi connectivity index (χ3v) is 6.61. The second kappa shape index (κ2) is 8.77. The van der Waals surface area contributed by atoms with Crippen LogP contribution in [0.5, 0.6) is 0 Å². The van der Waals surface area contributed by atoms with Crippen molar-refractivity contribution in [1.82, 2.24) is 9.38 Å². The fraction of sp³-hybridized carbons (Fsp3) is 0.231. The average Bonchev–Trinajstić information content (AvgIpc) is 3.17. The second-order valence-corrected chi connectivity index (χ2v) is 8.88. The smallest absolute Gasteiger partial charge is 0.137 e. The van der Waals surface area contributed by atoms with Crippen LogP contribution in [0, 0.1) is 5.92 Å². The van der Waals surface area contributed by atoms with Crippen LogP contribution < -0.4 is 10.0 Å². The Hall–Kier alpha value is -3.15. The minimum atomic E-state index is -0.926. The van der Waals surface area contributed by atoms with Crippen molar-refractivity contribution in [1.29, 1.82) is 0 Å². The largest absolute Gasteiger partial charge is 0.550 e. The third kappa shape index (κ3) is 4.14. The molecule has 0 bridgehead atoms. The highest BCUT2D eigenvalue weighted by Gasteiger charge is 2.26. The van der Waals surface area contributed by atoms with E-state index < -0.39 is 5.97 Å². The SMILES string of the molecule is O=C([O-])C1CC[NH+](Cc2c(-c3ccc(-c4ccccc4)cc3)nc3ccc(Cl)cn23)CC1. The van der Waals surface area contributed by atoms with Gasteiger partial charge in [-0.05, 0) is 23.3 Å². The van der Waals surface area contributed by atoms with Gasteiger partial charge < -0.3 is 14.8 Å². The first-order valence-electron chi connectivity index (χ1n) is 11.0. The number of hydrogen-bond acceptors (Lipinski definition) is 3. The topological polar surface area (TPSA) is 61.9 Å². The van der Waals surface area contributed by atoms with Gasteiger partial charge >= 0.3 is 0 Å². The zero-order valence-electron chi connectivity index (χ0n) is 17.6. The number of rotatable bonds is 5. The Kier molecular flexibility index (Phi) is 5.68. The van der Waals surface area contributed by atoms with Crippen LogP contribution in [-0.2, 0) is 11.3 Å². The van der Waals surface area contributed by atoms with Crippen molar-refractivity contribution in [2.24, 2.45) is 5.92 Å². The number of imidazole rings is 1. The van der Waals surface area contributed by atoms with Crippen molar-refractivity contribution in [2.45, 2.75) is 19.4 Å². The molecule has 6 heteroatoms. The van der Waals surface area contributed by atoms with Gasteiger partial charge in [-0.15, -0.1) is 0 Å². The van der Waals surface area contributed by atoms with Crippen molar-refractivity contribution in [3.8, 4) is 22.4 Å². The van der Waals surface area contributed by atoms with Crippen LogP contribution in [0.2, 0.25) is 5.02 Å². The summed E-state index contributed by atoms with van der Waals surface area (Å²) in [5.41, 5.74) is 6.30. The van der Waals surface area contributed by atoms with E-state index in [0.29, 0.717) is 17.9 Å². The quantitative estimate of drug-likeness (QED) is 0.514. The van der Waals surface area contributed by atoms with E-state index in [2.05, 4.69) is 40.8 Å². The summed E-state index contributed by atoms with van der Waals surface area (Å²) >= 11 is 6.30. The van der Waals surface area contributed by atoms with E-state index in [4.69, 9.17) is 16.6 Å². The van der Waals surface area contributed by atoms with Crippen LogP contribution >= 0.6 is 11.6 Å². The van der Waals surface area contributed by atoms with Crippen molar-refractivity contribution >= 4 is 23.2 Å². The number of fused-ring (bicyclic) bond motifs is 1. The number of likely N-dealkylation sites (tertiary alicyclic amines) is 1. The van der Waals surface area contributed by atoms with Crippen LogP contribution in [0.25, 0.3) is 28.0 Å². The summed E-state index contributed by atoms with van der Waals surface area (Å²) in [6.07, 6.45) is 3.21. The van der Waals surface area contributed by atoms with E-state index in [-0.39, 0.29) is 5.92 Å². The van der Waals surface area contributed by atoms with Gasteiger partial charge in [0.2, 0.25) is 0 Å². The molecule has 1 aliphatic rings. The van der Waals surface area contributed by atoms with Crippen molar-refractivity contribution in [2.75, 3.05) is 13.1 Å². The molecule has 0 radical (unpaired) electrons. The zero-order valence-corrected chi connectivity index (χ0v) is 18.4. The Morgan fingerprint density at radius 1 is 0.969 bits per heavy atom. The van der Waals surface area contributed by atoms with Crippen LogP contribution in [0.4, 0.5) is 0 Å². The highest BCUT2D eigenvalue weighted by atomic mass is 35.5. The van der Waals surface area contributed by atoms with Gasteiger partial charge in [-0.1, -0.05) is 66.2 Å². The van der Waals surface area contributed by atoms with Gasteiger partial charge in [0.25, 0.3) is 0 Å². The molecule has 162 valence electrons. The van der Waals surface area contributed by atoms with E-state index in [0.717, 1.165) is 47.8 Å². The van der Waals surface area contributed by atoms with E-state index in [9.17, 15) is 9.90 Å². The minimum Gasteiger partial charge on any atom is -0.550 e. The monoisotopic (exact) mass is 445 g/mol. The number of carbonyl (C=O) groups excluding carboxylic acids is 1. The molecule has 1 N–H and O–H groups in total. The number of quaternary nitrogens is 1. The fourth-order valence-corrected chi connectivity index (χ4v) is 4.75. The number of aromatic nitrogens is 2. The number of pyridine rings is 1. The normalized spacial score (nSPS) is 18.7. The number of hydrogen-bond donors (Lipinski definition) is 1. The molecule has 0 unspecified atom stereocenters. The molecule has 2 aromatic heterocycles. The summed E-state index contributed by atoms with van der Waals surface area (Å²) in [6, 6.07) is 22.6. The number of nitrogens with zero attached hydrogens (tertiary/aromatic N) is 2. The molecule has 5 rings (SSSR count). The molecule has 1 saturated heterocycles. The molecular formula is C26H24ClN3O2. The zero-order chi connectivity index (χ0) is 22.1. The molecular weight excluding hydrogens is 422 g/mol. The van der Waals surface area contributed by atoms with E-state index >= 15 is 0 Å². The van der Waals surface area contributed by atoms with Crippen LogP contribution in [0.3, 0.4) is 0 Å². The fourth-order valence-electron chi connectivity index (χ4n) is 4.59. The van der Waals surface area contributed by atoms with Crippen molar-refractivity contribution < 1.29 is 14.8 Å². The lowest BCUT2D eigenvalue weighted by Gasteiger charge is -2.29. The number of aliphatic carboxylic acids is 1. The van der Waals surface area contributed by atoms with E-state index in [1.54, 1.807) is 0 Å². The molecule has 3 heterocycles. The van der Waals surface area contributed by atoms with Gasteiger partial charge in [0.05, 0.1) is 23.8 Å². The summed E-state index contributed by atoms with van der Waals surface area (Å²) in [6.45, 7) is 2.37. The summed E-state index contributed by atoms with van der Waals surface area (Å²) < 4.78 is 2.07. The third-order valence-electron chi connectivity index (χ3n) is 6.39. The summed E-state index contributed by atoms with van der Waals surface area (Å²) in [4.78, 5) is 17.5. The number of carboxylic acid groups (broad SMARTS) is 1. The van der Waals surface area contributed by atoms with Crippen LogP contribution in [0.15, 0.2) is 72.9 Å². The average molecular weight is 446 g/mol. The van der Waals surface area contributed by atoms with Gasteiger partial charge in [0.15, 0.2) is 0 Å². The second-order valence-electron chi connectivity index (χ2n) is 8.45. The van der Waals surface area contributed by atoms with Crippen LogP contribution in [0.1, 0.15) is 18.5 Å². The molecule has 5 nitrogen and oxygen atoms in total. The summed E-state index contributed by atoms with van der Waals surface area (Å²) in [5, 5.41) is 11.9. The van der Waals surface area contributed by atoms with Crippen LogP contribution in [-0.4, -0.2) is 28.4 Å². The Balaban J connectivity index is 1.48. The molecule has 0 atom stereocenters. The van der Waals surface area contributed by atoms with E-state index in [1.807, 2.05) is 36.5 Å². The van der Waals surface area contributed by atoms with Crippen molar-refractivity contribution in [3.05, 3.63) is 83.6 Å². The molecule has 2 aromatic carbocycles. The maximum Gasteiger partial charge on any atom is 0.137 e. The molecule has 0 spiro atoms. The number of benzene rings is 2. The molecule has 1 fully saturated rings. The lowest BCUT2D eigenvalue weighted by atomic mass is 9.97. The highest BCUT2D eigenvalue weighted by Crippen LogP contribution is 2.28. The number of carbonyl (C=O) groups is 1. The number of piperidine rings is 1. The van der Waals surface area contributed by atoms with Gasteiger partial charge in [0, 0.05) is 36.5 Å². The Labute approximate surface area is 191 Å². The van der Waals surface area contributed by atoms with Crippen molar-refractivity contribution in [3.63, 3.8) is 0 Å². The first-order chi connectivity index (χ1) is 15.6. The predicted molar refractivity (Wildman–Crippen MR) is 123 cm³/mol. The molecule has 4 aromatic rings. The lowest BCUT2D eigenvalue weighted by Crippen LogP contribution is -3.12. The Morgan fingerprint density at radius 2 is 1.62 bits per heavy atom. The maximum absolute atomic E-state index is 11.2. The number of halogens is 1. The molecule has 0 saturated carbocycles. The highest BCUT2D eigenvalue weighted by molar-refractivity contribution is 6.30. The van der Waals surface area contributed by atoms with Gasteiger partial charge in [-0.3, -0.25) is 4.40 Å². The lowest BCUT2D eigenvalue weighted by molar-refractivity contribution is -0.919. The minimum absolute atomic E-state index is 0.333. The first-order valence-corrected chi connectivity index (χ1v) is 11.3. The summed E-state index contributed by atoms with van der Waals surface area (Å²) in [7, 11) is 0. The standard InChI is InChI=1S/C26H24ClN3O2/c27-22-10-11-24-28-25(20-8-6-19(7-9-20)18-4-2-1-3-5-18)23(30(24)16-22)17-29-14-12-21(13-15-29)26(31)32/h1-11,16,21H,12-15,17H2,(H,31,32). The molecule has 32 heavy (non-hydrogen) atoms. The molecule has 1 aliphatic heterocycles. The molecule has 0 aliphatic carbocycles. The number of nitrogens with one attached hydrogen (secondary N) is 1. The summed E-state index contributed by atoms with van der Waals surface area (Å²) in [5.74, 6) is -1.26. The first kappa shape index (κ1) is 20.7. The molecule has 0 amide bonds. The van der Waals surface area contributed by atoms with Gasteiger partial charge in [0.1, 0.15) is 17.9 Å². The Morgan fingerprint density at radius 3 is 2.31 bits per heavy atom. The predicted octanol–water partition coefficient (Wildman–Crippen LogP) is 2.87. The van der Waals surface area contributed by atoms with Gasteiger partial charge in [-0.2, -0.15) is 0 Å². The van der Waals surface area contributed by atoms with E-state index in [1.165, 1.54) is 10.5 Å². The maximum atomic E-state index is 11.2. The number of carboxylic acids is 1.